The van der Waals surface area contributed by atoms with Gasteiger partial charge in [0.25, 0.3) is 5.91 Å². The molecule has 1 amide bonds. The maximum atomic E-state index is 12.5. The molecule has 2 saturated heterocycles. The minimum atomic E-state index is 0.0527. The van der Waals surface area contributed by atoms with Crippen LogP contribution in [0.25, 0.3) is 0 Å². The van der Waals surface area contributed by atoms with E-state index in [1.54, 1.807) is 13.1 Å². The summed E-state index contributed by atoms with van der Waals surface area (Å²) in [7, 11) is 0. The number of hydrogen-bond donors (Lipinski definition) is 0. The number of carbonyl (C=O) groups excluding carboxylic acids is 1. The van der Waals surface area contributed by atoms with E-state index in [4.69, 9.17) is 4.52 Å². The maximum Gasteiger partial charge on any atom is 0.259 e. The van der Waals surface area contributed by atoms with Crippen molar-refractivity contribution in [2.75, 3.05) is 26.2 Å². The second kappa shape index (κ2) is 5.77. The second-order valence-corrected chi connectivity index (χ2v) is 6.58. The molecule has 120 valence electrons. The molecule has 0 radical (unpaired) electrons. The molecule has 2 aromatic rings. The van der Waals surface area contributed by atoms with Crippen LogP contribution >= 0.6 is 0 Å². The molecule has 2 aliphatic heterocycles. The van der Waals surface area contributed by atoms with E-state index < -0.39 is 0 Å². The lowest BCUT2D eigenvalue weighted by atomic mass is 10.0. The third kappa shape index (κ3) is 2.74. The molecule has 0 aliphatic carbocycles. The number of likely N-dealkylation sites (tertiary alicyclic amines) is 2. The maximum absolute atomic E-state index is 12.5. The van der Waals surface area contributed by atoms with Gasteiger partial charge in [-0.15, -0.1) is 0 Å². The molecular weight excluding hydrogens is 292 g/mol. The van der Waals surface area contributed by atoms with Crippen molar-refractivity contribution in [1.82, 2.24) is 19.9 Å². The zero-order valence-corrected chi connectivity index (χ0v) is 13.2. The summed E-state index contributed by atoms with van der Waals surface area (Å²) < 4.78 is 5.01. The fourth-order valence-corrected chi connectivity index (χ4v) is 3.81. The van der Waals surface area contributed by atoms with E-state index in [2.05, 4.69) is 21.1 Å². The van der Waals surface area contributed by atoms with Crippen LogP contribution in [0.2, 0.25) is 0 Å². The number of aryl methyl sites for hydroxylation is 1. The normalized spacial score (nSPS) is 24.1. The van der Waals surface area contributed by atoms with Gasteiger partial charge in [-0.2, -0.15) is 0 Å². The lowest BCUT2D eigenvalue weighted by molar-refractivity contribution is 0.0771. The molecular formula is C17H20N4O2. The van der Waals surface area contributed by atoms with Crippen LogP contribution in [0.4, 0.5) is 0 Å². The SMILES string of the molecule is Cc1oncc1C(=O)N1C[C@H]2CN(Cc3cccnc3)C[C@H]2C1. The summed E-state index contributed by atoms with van der Waals surface area (Å²) >= 11 is 0. The van der Waals surface area contributed by atoms with E-state index >= 15 is 0 Å². The molecule has 0 spiro atoms. The first-order valence-corrected chi connectivity index (χ1v) is 8.02. The predicted octanol–water partition coefficient (Wildman–Crippen LogP) is 1.58. The number of fused-ring (bicyclic) bond motifs is 1. The highest BCUT2D eigenvalue weighted by Gasteiger charge is 2.42. The number of aromatic nitrogens is 2. The Hall–Kier alpha value is -2.21. The van der Waals surface area contributed by atoms with Gasteiger partial charge >= 0.3 is 0 Å². The van der Waals surface area contributed by atoms with Gasteiger partial charge in [-0.25, -0.2) is 0 Å². The topological polar surface area (TPSA) is 62.5 Å². The summed E-state index contributed by atoms with van der Waals surface area (Å²) in [4.78, 5) is 21.1. The minimum absolute atomic E-state index is 0.0527. The van der Waals surface area contributed by atoms with E-state index in [-0.39, 0.29) is 5.91 Å². The largest absolute Gasteiger partial charge is 0.361 e. The molecule has 0 saturated carbocycles. The van der Waals surface area contributed by atoms with Gasteiger partial charge < -0.3 is 9.42 Å². The van der Waals surface area contributed by atoms with Crippen molar-refractivity contribution >= 4 is 5.91 Å². The van der Waals surface area contributed by atoms with Gasteiger partial charge in [0.2, 0.25) is 0 Å². The van der Waals surface area contributed by atoms with Crippen molar-refractivity contribution in [3.05, 3.63) is 47.6 Å². The summed E-state index contributed by atoms with van der Waals surface area (Å²) in [5, 5.41) is 3.71. The molecule has 4 heterocycles. The molecule has 0 unspecified atom stereocenters. The fraction of sp³-hybridized carbons (Fsp3) is 0.471. The van der Waals surface area contributed by atoms with Crippen LogP contribution in [0, 0.1) is 18.8 Å². The lowest BCUT2D eigenvalue weighted by Gasteiger charge is -2.21. The van der Waals surface area contributed by atoms with Crippen molar-refractivity contribution in [3.63, 3.8) is 0 Å². The van der Waals surface area contributed by atoms with Gasteiger partial charge in [-0.1, -0.05) is 11.2 Å². The first-order valence-electron chi connectivity index (χ1n) is 8.02. The summed E-state index contributed by atoms with van der Waals surface area (Å²) in [6, 6.07) is 4.10. The van der Waals surface area contributed by atoms with E-state index in [1.807, 2.05) is 17.2 Å². The molecule has 2 atom stereocenters. The standard InChI is InChI=1S/C17H20N4O2/c1-12-16(6-19-23-12)17(22)21-10-14-8-20(9-15(14)11-21)7-13-3-2-4-18-5-13/h2-6,14-15H,7-11H2,1H3/t14-,15+. The first-order chi connectivity index (χ1) is 11.2. The Morgan fingerprint density at radius 1 is 1.26 bits per heavy atom. The molecule has 0 aromatic carbocycles. The number of amides is 1. The van der Waals surface area contributed by atoms with Crippen LogP contribution in [-0.2, 0) is 6.54 Å². The summed E-state index contributed by atoms with van der Waals surface area (Å²) in [5.74, 6) is 1.79. The number of carbonyl (C=O) groups is 1. The van der Waals surface area contributed by atoms with E-state index in [9.17, 15) is 4.79 Å². The molecule has 6 heteroatoms. The van der Waals surface area contributed by atoms with Crippen LogP contribution < -0.4 is 0 Å². The number of hydrogen-bond acceptors (Lipinski definition) is 5. The predicted molar refractivity (Wildman–Crippen MR) is 83.6 cm³/mol. The molecule has 4 rings (SSSR count). The Bertz CT molecular complexity index is 686. The highest BCUT2D eigenvalue weighted by Crippen LogP contribution is 2.32. The van der Waals surface area contributed by atoms with Crippen LogP contribution in [0.1, 0.15) is 21.7 Å². The van der Waals surface area contributed by atoms with Crippen molar-refractivity contribution in [2.24, 2.45) is 11.8 Å². The van der Waals surface area contributed by atoms with Gasteiger partial charge in [0, 0.05) is 45.1 Å². The summed E-state index contributed by atoms with van der Waals surface area (Å²) in [6.45, 7) is 6.49. The monoisotopic (exact) mass is 312 g/mol. The third-order valence-corrected chi connectivity index (χ3v) is 4.96. The molecule has 2 aromatic heterocycles. The van der Waals surface area contributed by atoms with Crippen molar-refractivity contribution in [3.8, 4) is 0 Å². The smallest absolute Gasteiger partial charge is 0.259 e. The Kier molecular flexibility index (Phi) is 3.61. The van der Waals surface area contributed by atoms with E-state index in [0.29, 0.717) is 23.2 Å². The minimum Gasteiger partial charge on any atom is -0.361 e. The average Bonchev–Trinajstić information content (AvgIpc) is 3.22. The number of pyridine rings is 1. The Labute approximate surface area is 135 Å². The van der Waals surface area contributed by atoms with Crippen molar-refractivity contribution in [2.45, 2.75) is 13.5 Å². The Morgan fingerprint density at radius 2 is 2.04 bits per heavy atom. The van der Waals surface area contributed by atoms with E-state index in [1.165, 1.54) is 11.8 Å². The van der Waals surface area contributed by atoms with Gasteiger partial charge in [-0.05, 0) is 30.4 Å². The Morgan fingerprint density at radius 3 is 2.65 bits per heavy atom. The Balaban J connectivity index is 1.37. The quantitative estimate of drug-likeness (QED) is 0.861. The van der Waals surface area contributed by atoms with E-state index in [0.717, 1.165) is 32.7 Å². The fourth-order valence-electron chi connectivity index (χ4n) is 3.81. The second-order valence-electron chi connectivity index (χ2n) is 6.58. The van der Waals surface area contributed by atoms with Crippen molar-refractivity contribution < 1.29 is 9.32 Å². The van der Waals surface area contributed by atoms with Crippen molar-refractivity contribution in [1.29, 1.82) is 0 Å². The number of rotatable bonds is 3. The highest BCUT2D eigenvalue weighted by molar-refractivity contribution is 5.95. The summed E-state index contributed by atoms with van der Waals surface area (Å²) in [5.41, 5.74) is 1.85. The van der Waals surface area contributed by atoms with Crippen LogP contribution in [0.3, 0.4) is 0 Å². The van der Waals surface area contributed by atoms with Crippen LogP contribution in [-0.4, -0.2) is 52.0 Å². The zero-order chi connectivity index (χ0) is 15.8. The molecule has 23 heavy (non-hydrogen) atoms. The summed E-state index contributed by atoms with van der Waals surface area (Å²) in [6.07, 6.45) is 5.26. The molecule has 2 fully saturated rings. The van der Waals surface area contributed by atoms with Crippen LogP contribution in [0.5, 0.6) is 0 Å². The number of nitrogens with zero attached hydrogens (tertiary/aromatic N) is 4. The molecule has 0 bridgehead atoms. The van der Waals surface area contributed by atoms with Gasteiger partial charge in [0.15, 0.2) is 0 Å². The zero-order valence-electron chi connectivity index (χ0n) is 13.2. The molecule has 0 N–H and O–H groups in total. The van der Waals surface area contributed by atoms with Gasteiger partial charge in [0.05, 0.1) is 6.20 Å². The first kappa shape index (κ1) is 14.4. The lowest BCUT2D eigenvalue weighted by Crippen LogP contribution is -2.33. The molecule has 6 nitrogen and oxygen atoms in total. The highest BCUT2D eigenvalue weighted by atomic mass is 16.5. The van der Waals surface area contributed by atoms with Gasteiger partial charge in [0.1, 0.15) is 11.3 Å². The van der Waals surface area contributed by atoms with Crippen LogP contribution in [0.15, 0.2) is 35.2 Å². The molecule has 2 aliphatic rings. The third-order valence-electron chi connectivity index (χ3n) is 4.96. The average molecular weight is 312 g/mol. The van der Waals surface area contributed by atoms with Gasteiger partial charge in [-0.3, -0.25) is 14.7 Å².